The van der Waals surface area contributed by atoms with Gasteiger partial charge < -0.3 is 25.5 Å². The Kier molecular flexibility index (Phi) is 4.63. The van der Waals surface area contributed by atoms with Crippen molar-refractivity contribution in [3.05, 3.63) is 76.3 Å². The van der Waals surface area contributed by atoms with Crippen LogP contribution in [-0.4, -0.2) is 25.5 Å². The van der Waals surface area contributed by atoms with Crippen LogP contribution in [0.1, 0.15) is 27.8 Å². The minimum Gasteiger partial charge on any atom is -0.507 e. The molecule has 5 N–H and O–H groups in total. The number of hydrogen-bond acceptors (Lipinski definition) is 5. The molecule has 0 radical (unpaired) electrons. The van der Waals surface area contributed by atoms with E-state index >= 15 is 0 Å². The SMILES string of the molecule is Cc1cc(Cc2ccc(O)c(O)c2)c(O)c(Cc2ccc(O)c(O)c2)c1. The second kappa shape index (κ2) is 6.88. The van der Waals surface area contributed by atoms with Gasteiger partial charge >= 0.3 is 0 Å². The van der Waals surface area contributed by atoms with Crippen LogP contribution in [0, 0.1) is 6.92 Å². The summed E-state index contributed by atoms with van der Waals surface area (Å²) in [5.74, 6) is -0.621. The molecular weight excluding hydrogens is 332 g/mol. The van der Waals surface area contributed by atoms with Gasteiger partial charge in [-0.1, -0.05) is 29.8 Å². The molecule has 0 aliphatic rings. The van der Waals surface area contributed by atoms with Gasteiger partial charge in [0, 0.05) is 12.8 Å². The van der Waals surface area contributed by atoms with Gasteiger partial charge in [-0.15, -0.1) is 0 Å². The highest BCUT2D eigenvalue weighted by Gasteiger charge is 2.12. The van der Waals surface area contributed by atoms with Crippen molar-refractivity contribution in [1.82, 2.24) is 0 Å². The highest BCUT2D eigenvalue weighted by molar-refractivity contribution is 5.50. The fraction of sp³-hybridized carbons (Fsp3) is 0.143. The lowest BCUT2D eigenvalue weighted by Gasteiger charge is -2.13. The average Bonchev–Trinajstić information content (AvgIpc) is 2.58. The molecule has 0 aromatic heterocycles. The summed E-state index contributed by atoms with van der Waals surface area (Å²) >= 11 is 0. The summed E-state index contributed by atoms with van der Waals surface area (Å²) in [6, 6.07) is 12.9. The Labute approximate surface area is 151 Å². The highest BCUT2D eigenvalue weighted by Crippen LogP contribution is 2.32. The molecule has 0 amide bonds. The molecule has 0 bridgehead atoms. The van der Waals surface area contributed by atoms with Gasteiger partial charge in [0.05, 0.1) is 0 Å². The summed E-state index contributed by atoms with van der Waals surface area (Å²) < 4.78 is 0. The topological polar surface area (TPSA) is 101 Å². The van der Waals surface area contributed by atoms with Crippen molar-refractivity contribution >= 4 is 0 Å². The molecule has 0 heterocycles. The lowest BCUT2D eigenvalue weighted by Crippen LogP contribution is -1.96. The second-order valence-corrected chi connectivity index (χ2v) is 6.43. The van der Waals surface area contributed by atoms with Crippen molar-refractivity contribution in [3.63, 3.8) is 0 Å². The van der Waals surface area contributed by atoms with E-state index in [1.165, 1.54) is 24.3 Å². The minimum atomic E-state index is -0.200. The third kappa shape index (κ3) is 3.67. The number of hydrogen-bond donors (Lipinski definition) is 5. The summed E-state index contributed by atoms with van der Waals surface area (Å²) in [4.78, 5) is 0. The number of aryl methyl sites for hydroxylation is 1. The third-order valence-electron chi connectivity index (χ3n) is 4.28. The first-order valence-corrected chi connectivity index (χ1v) is 8.16. The van der Waals surface area contributed by atoms with Crippen LogP contribution < -0.4 is 0 Å². The van der Waals surface area contributed by atoms with Crippen molar-refractivity contribution in [3.8, 4) is 28.7 Å². The molecule has 0 saturated heterocycles. The molecule has 5 nitrogen and oxygen atoms in total. The number of phenolic OH excluding ortho intramolecular Hbond substituents is 5. The van der Waals surface area contributed by atoms with E-state index in [2.05, 4.69) is 0 Å². The van der Waals surface area contributed by atoms with Crippen molar-refractivity contribution in [2.75, 3.05) is 0 Å². The lowest BCUT2D eigenvalue weighted by atomic mass is 9.95. The minimum absolute atomic E-state index is 0.149. The number of benzene rings is 3. The van der Waals surface area contributed by atoms with Gasteiger partial charge in [0.25, 0.3) is 0 Å². The van der Waals surface area contributed by atoms with Crippen LogP contribution in [0.5, 0.6) is 28.7 Å². The van der Waals surface area contributed by atoms with Crippen LogP contribution in [0.2, 0.25) is 0 Å². The van der Waals surface area contributed by atoms with E-state index in [9.17, 15) is 25.5 Å². The molecule has 0 atom stereocenters. The van der Waals surface area contributed by atoms with Crippen LogP contribution in [0.25, 0.3) is 0 Å². The first kappa shape index (κ1) is 17.5. The maximum absolute atomic E-state index is 10.7. The average molecular weight is 352 g/mol. The van der Waals surface area contributed by atoms with Gasteiger partial charge in [-0.25, -0.2) is 0 Å². The Morgan fingerprint density at radius 2 is 1.00 bits per heavy atom. The Morgan fingerprint density at radius 3 is 1.38 bits per heavy atom. The lowest BCUT2D eigenvalue weighted by molar-refractivity contribution is 0.403. The maximum Gasteiger partial charge on any atom is 0.157 e. The Hall–Kier alpha value is -3.34. The van der Waals surface area contributed by atoms with Crippen molar-refractivity contribution < 1.29 is 25.5 Å². The molecule has 3 aromatic rings. The van der Waals surface area contributed by atoms with Gasteiger partial charge in [0.1, 0.15) is 5.75 Å². The largest absolute Gasteiger partial charge is 0.507 e. The molecule has 134 valence electrons. The Morgan fingerprint density at radius 1 is 0.577 bits per heavy atom. The highest BCUT2D eigenvalue weighted by atomic mass is 16.3. The zero-order valence-electron chi connectivity index (χ0n) is 14.3. The van der Waals surface area contributed by atoms with E-state index in [1.54, 1.807) is 12.1 Å². The van der Waals surface area contributed by atoms with E-state index in [4.69, 9.17) is 0 Å². The van der Waals surface area contributed by atoms with Crippen molar-refractivity contribution in [1.29, 1.82) is 0 Å². The zero-order valence-corrected chi connectivity index (χ0v) is 14.3. The van der Waals surface area contributed by atoms with Gasteiger partial charge in [0.15, 0.2) is 23.0 Å². The summed E-state index contributed by atoms with van der Waals surface area (Å²) in [6.45, 7) is 1.93. The third-order valence-corrected chi connectivity index (χ3v) is 4.28. The quantitative estimate of drug-likeness (QED) is 0.461. The smallest absolute Gasteiger partial charge is 0.157 e. The van der Waals surface area contributed by atoms with E-state index in [0.29, 0.717) is 24.0 Å². The first-order chi connectivity index (χ1) is 12.3. The van der Waals surface area contributed by atoms with Gasteiger partial charge in [0.2, 0.25) is 0 Å². The van der Waals surface area contributed by atoms with Crippen LogP contribution in [-0.2, 0) is 12.8 Å². The molecule has 0 spiro atoms. The van der Waals surface area contributed by atoms with Crippen molar-refractivity contribution in [2.45, 2.75) is 19.8 Å². The first-order valence-electron chi connectivity index (χ1n) is 8.16. The second-order valence-electron chi connectivity index (χ2n) is 6.43. The normalized spacial score (nSPS) is 10.8. The number of phenols is 5. The monoisotopic (exact) mass is 352 g/mol. The summed E-state index contributed by atoms with van der Waals surface area (Å²) in [7, 11) is 0. The van der Waals surface area contributed by atoms with Gasteiger partial charge in [-0.2, -0.15) is 0 Å². The molecule has 0 fully saturated rings. The van der Waals surface area contributed by atoms with E-state index < -0.39 is 0 Å². The molecule has 3 rings (SSSR count). The van der Waals surface area contributed by atoms with Crippen molar-refractivity contribution in [2.24, 2.45) is 0 Å². The molecular formula is C21H20O5. The fourth-order valence-corrected chi connectivity index (χ4v) is 3.00. The molecule has 0 saturated carbocycles. The fourth-order valence-electron chi connectivity index (χ4n) is 3.00. The summed E-state index contributed by atoms with van der Waals surface area (Å²) in [6.07, 6.45) is 0.796. The predicted octanol–water partition coefficient (Wildman–Crippen LogP) is 3.70. The molecule has 3 aromatic carbocycles. The number of aromatic hydroxyl groups is 5. The van der Waals surface area contributed by atoms with Crippen LogP contribution in [0.3, 0.4) is 0 Å². The van der Waals surface area contributed by atoms with E-state index in [0.717, 1.165) is 16.7 Å². The predicted molar refractivity (Wildman–Crippen MR) is 98.0 cm³/mol. The van der Waals surface area contributed by atoms with Gasteiger partial charge in [-0.3, -0.25) is 0 Å². The standard InChI is InChI=1S/C21H20O5/c1-12-6-15(8-13-2-4-17(22)19(24)10-13)21(26)16(7-12)9-14-3-5-18(23)20(25)11-14/h2-7,10-11,22-26H,8-9H2,1H3. The van der Waals surface area contributed by atoms with Gasteiger partial charge in [-0.05, 0) is 53.4 Å². The Balaban J connectivity index is 1.92. The van der Waals surface area contributed by atoms with E-state index in [1.807, 2.05) is 19.1 Å². The Bertz CT molecular complexity index is 888. The maximum atomic E-state index is 10.7. The van der Waals surface area contributed by atoms with Crippen LogP contribution in [0.4, 0.5) is 0 Å². The van der Waals surface area contributed by atoms with Crippen LogP contribution >= 0.6 is 0 Å². The summed E-state index contributed by atoms with van der Waals surface area (Å²) in [5.41, 5.74) is 3.89. The number of rotatable bonds is 4. The zero-order chi connectivity index (χ0) is 18.8. The van der Waals surface area contributed by atoms with E-state index in [-0.39, 0.29) is 28.7 Å². The molecule has 5 heteroatoms. The van der Waals surface area contributed by atoms with Crippen LogP contribution in [0.15, 0.2) is 48.5 Å². The molecule has 0 aliphatic heterocycles. The molecule has 0 aliphatic carbocycles. The molecule has 0 unspecified atom stereocenters. The summed E-state index contributed by atoms with van der Waals surface area (Å²) in [5, 5.41) is 48.8. The molecule has 26 heavy (non-hydrogen) atoms.